The van der Waals surface area contributed by atoms with Crippen molar-refractivity contribution in [3.05, 3.63) is 64.7 Å². The molecule has 0 aliphatic rings. The van der Waals surface area contributed by atoms with Crippen LogP contribution in [0.3, 0.4) is 0 Å². The molecule has 5 heteroatoms. The fraction of sp³-hybridized carbons (Fsp3) is 0.133. The summed E-state index contributed by atoms with van der Waals surface area (Å²) in [4.78, 5) is 0. The zero-order valence-electron chi connectivity index (χ0n) is 10.4. The van der Waals surface area contributed by atoms with E-state index in [4.69, 9.17) is 10.00 Å². The van der Waals surface area contributed by atoms with Gasteiger partial charge in [-0.1, -0.05) is 28.1 Å². The summed E-state index contributed by atoms with van der Waals surface area (Å²) in [6, 6.07) is 10.5. The van der Waals surface area contributed by atoms with Crippen molar-refractivity contribution in [1.82, 2.24) is 0 Å². The maximum Gasteiger partial charge on any atom is 0.147 e. The lowest BCUT2D eigenvalue weighted by Crippen LogP contribution is -2.02. The molecule has 102 valence electrons. The Bertz CT molecular complexity index is 667. The summed E-state index contributed by atoms with van der Waals surface area (Å²) in [5.41, 5.74) is 0.904. The van der Waals surface area contributed by atoms with Crippen molar-refractivity contribution < 1.29 is 13.5 Å². The number of halogens is 3. The van der Waals surface area contributed by atoms with Gasteiger partial charge >= 0.3 is 0 Å². The van der Waals surface area contributed by atoms with Crippen molar-refractivity contribution in [2.75, 3.05) is 0 Å². The van der Waals surface area contributed by atoms with Gasteiger partial charge in [-0.05, 0) is 24.3 Å². The number of ether oxygens (including phenoxy) is 1. The van der Waals surface area contributed by atoms with Gasteiger partial charge in [0.25, 0.3) is 0 Å². The Morgan fingerprint density at radius 2 is 1.95 bits per heavy atom. The minimum atomic E-state index is -0.586. The van der Waals surface area contributed by atoms with E-state index in [0.717, 1.165) is 0 Å². The topological polar surface area (TPSA) is 33.0 Å². The minimum absolute atomic E-state index is 0.0208. The second-order valence-electron chi connectivity index (χ2n) is 4.06. The van der Waals surface area contributed by atoms with Crippen molar-refractivity contribution in [1.29, 1.82) is 5.26 Å². The monoisotopic (exact) mass is 337 g/mol. The van der Waals surface area contributed by atoms with E-state index < -0.39 is 5.82 Å². The van der Waals surface area contributed by atoms with E-state index in [2.05, 4.69) is 15.9 Å². The normalized spacial score (nSPS) is 10.1. The van der Waals surface area contributed by atoms with Crippen LogP contribution < -0.4 is 4.74 Å². The van der Waals surface area contributed by atoms with Gasteiger partial charge in [-0.2, -0.15) is 5.26 Å². The summed E-state index contributed by atoms with van der Waals surface area (Å²) >= 11 is 3.24. The molecular formula is C15H10BrF2NO. The van der Waals surface area contributed by atoms with Crippen LogP contribution in [-0.4, -0.2) is 0 Å². The Kier molecular flexibility index (Phi) is 4.70. The van der Waals surface area contributed by atoms with Crippen molar-refractivity contribution in [3.8, 4) is 11.8 Å². The van der Waals surface area contributed by atoms with Gasteiger partial charge in [-0.15, -0.1) is 0 Å². The van der Waals surface area contributed by atoms with Gasteiger partial charge in [0.2, 0.25) is 0 Å². The Morgan fingerprint density at radius 1 is 1.15 bits per heavy atom. The molecule has 0 heterocycles. The van der Waals surface area contributed by atoms with Crippen LogP contribution in [0.25, 0.3) is 0 Å². The fourth-order valence-electron chi connectivity index (χ4n) is 1.73. The molecule has 0 amide bonds. The van der Waals surface area contributed by atoms with Crippen LogP contribution in [0, 0.1) is 23.0 Å². The van der Waals surface area contributed by atoms with Crippen molar-refractivity contribution in [2.45, 2.75) is 11.9 Å². The Morgan fingerprint density at radius 3 is 2.65 bits per heavy atom. The second kappa shape index (κ2) is 6.49. The van der Waals surface area contributed by atoms with Crippen LogP contribution in [0.2, 0.25) is 0 Å². The van der Waals surface area contributed by atoms with Crippen LogP contribution in [0.1, 0.15) is 16.7 Å². The highest BCUT2D eigenvalue weighted by Crippen LogP contribution is 2.24. The van der Waals surface area contributed by atoms with Gasteiger partial charge in [-0.25, -0.2) is 8.78 Å². The van der Waals surface area contributed by atoms with E-state index in [9.17, 15) is 8.78 Å². The lowest BCUT2D eigenvalue weighted by atomic mass is 10.1. The van der Waals surface area contributed by atoms with Crippen LogP contribution in [0.4, 0.5) is 8.78 Å². The Balaban J connectivity index is 2.19. The highest BCUT2D eigenvalue weighted by atomic mass is 79.9. The number of benzene rings is 2. The van der Waals surface area contributed by atoms with Crippen LogP contribution >= 0.6 is 15.9 Å². The van der Waals surface area contributed by atoms with E-state index in [1.54, 1.807) is 18.2 Å². The molecule has 2 rings (SSSR count). The number of nitrogens with zero attached hydrogens (tertiary/aromatic N) is 1. The van der Waals surface area contributed by atoms with Crippen molar-refractivity contribution in [2.24, 2.45) is 0 Å². The van der Waals surface area contributed by atoms with E-state index in [0.29, 0.717) is 16.6 Å². The smallest absolute Gasteiger partial charge is 0.147 e. The van der Waals surface area contributed by atoms with Crippen molar-refractivity contribution >= 4 is 15.9 Å². The first-order chi connectivity index (χ1) is 9.65. The lowest BCUT2D eigenvalue weighted by molar-refractivity contribution is 0.297. The zero-order chi connectivity index (χ0) is 14.5. The minimum Gasteiger partial charge on any atom is -0.488 e. The number of hydrogen-bond donors (Lipinski definition) is 0. The zero-order valence-corrected chi connectivity index (χ0v) is 12.0. The SMILES string of the molecule is N#Cc1cccc(COc2ccc(F)cc2CBr)c1F. The molecule has 0 saturated heterocycles. The average molecular weight is 338 g/mol. The molecule has 0 atom stereocenters. The van der Waals surface area contributed by atoms with E-state index in [1.807, 2.05) is 0 Å². The largest absolute Gasteiger partial charge is 0.488 e. The van der Waals surface area contributed by atoms with Crippen LogP contribution in [0.15, 0.2) is 36.4 Å². The Labute approximate surface area is 123 Å². The molecule has 0 saturated carbocycles. The van der Waals surface area contributed by atoms with Gasteiger partial charge in [0.05, 0.1) is 5.56 Å². The summed E-state index contributed by atoms with van der Waals surface area (Å²) < 4.78 is 32.4. The number of alkyl halides is 1. The molecule has 0 aliphatic heterocycles. The molecular weight excluding hydrogens is 328 g/mol. The predicted molar refractivity (Wildman–Crippen MR) is 74.5 cm³/mol. The molecule has 0 aromatic heterocycles. The van der Waals surface area contributed by atoms with Gasteiger partial charge < -0.3 is 4.74 Å². The van der Waals surface area contributed by atoms with Gasteiger partial charge in [-0.3, -0.25) is 0 Å². The highest BCUT2D eigenvalue weighted by molar-refractivity contribution is 9.08. The molecule has 0 spiro atoms. The third-order valence-corrected chi connectivity index (χ3v) is 3.35. The summed E-state index contributed by atoms with van der Waals surface area (Å²) in [7, 11) is 0. The average Bonchev–Trinajstić information content (AvgIpc) is 2.47. The molecule has 0 fully saturated rings. The molecule has 0 unspecified atom stereocenters. The van der Waals surface area contributed by atoms with Crippen molar-refractivity contribution in [3.63, 3.8) is 0 Å². The maximum absolute atomic E-state index is 13.9. The molecule has 0 bridgehead atoms. The quantitative estimate of drug-likeness (QED) is 0.779. The third-order valence-electron chi connectivity index (χ3n) is 2.75. The molecule has 0 N–H and O–H groups in total. The summed E-state index contributed by atoms with van der Waals surface area (Å²) in [5, 5.41) is 9.19. The standard InChI is InChI=1S/C15H10BrF2NO/c16-7-12-6-13(17)4-5-14(12)20-9-11-3-1-2-10(8-19)15(11)18/h1-6H,7,9H2. The number of rotatable bonds is 4. The number of hydrogen-bond acceptors (Lipinski definition) is 2. The molecule has 2 nitrogen and oxygen atoms in total. The first kappa shape index (κ1) is 14.5. The van der Waals surface area contributed by atoms with E-state index in [1.165, 1.54) is 24.3 Å². The van der Waals surface area contributed by atoms with Gasteiger partial charge in [0.15, 0.2) is 0 Å². The van der Waals surface area contributed by atoms with E-state index >= 15 is 0 Å². The molecule has 0 radical (unpaired) electrons. The second-order valence-corrected chi connectivity index (χ2v) is 4.63. The molecule has 2 aromatic carbocycles. The Hall–Kier alpha value is -1.93. The summed E-state index contributed by atoms with van der Waals surface area (Å²) in [5.74, 6) is -0.466. The first-order valence-corrected chi connectivity index (χ1v) is 6.92. The highest BCUT2D eigenvalue weighted by Gasteiger charge is 2.10. The molecule has 0 aliphatic carbocycles. The summed E-state index contributed by atoms with van der Waals surface area (Å²) in [6.45, 7) is -0.0208. The summed E-state index contributed by atoms with van der Waals surface area (Å²) in [6.07, 6.45) is 0. The molecule has 2 aromatic rings. The molecule has 20 heavy (non-hydrogen) atoms. The van der Waals surface area contributed by atoms with E-state index in [-0.39, 0.29) is 23.6 Å². The van der Waals surface area contributed by atoms with Crippen LogP contribution in [-0.2, 0) is 11.9 Å². The fourth-order valence-corrected chi connectivity index (χ4v) is 2.16. The van der Waals surface area contributed by atoms with Crippen LogP contribution in [0.5, 0.6) is 5.75 Å². The maximum atomic E-state index is 13.9. The predicted octanol–water partition coefficient (Wildman–Crippen LogP) is 4.31. The first-order valence-electron chi connectivity index (χ1n) is 5.80. The number of nitriles is 1. The van der Waals surface area contributed by atoms with Gasteiger partial charge in [0.1, 0.15) is 30.1 Å². The third kappa shape index (κ3) is 3.14. The van der Waals surface area contributed by atoms with Gasteiger partial charge in [0, 0.05) is 16.5 Å². The lowest BCUT2D eigenvalue weighted by Gasteiger charge is -2.11.